The summed E-state index contributed by atoms with van der Waals surface area (Å²) in [7, 11) is 0. The largest absolute Gasteiger partial charge is 0.394 e. The molecule has 46 heavy (non-hydrogen) atoms. The van der Waals surface area contributed by atoms with Crippen molar-refractivity contribution in [2.24, 2.45) is 17.8 Å². The van der Waals surface area contributed by atoms with E-state index in [-0.39, 0.29) is 24.9 Å². The Bertz CT molecular complexity index is 1130. The Morgan fingerprint density at radius 1 is 0.609 bits per heavy atom. The SMILES string of the molecule is C=CCOC[C@@H](OCc1ccccc1)C(C)C.CC(C)[C@@H](CO)OCc1ccccc1.CC=C[C@@H](OCc1ccccc1)C(C)C. The molecule has 1 N–H and O–H groups in total. The second-order valence-electron chi connectivity index (χ2n) is 12.2. The van der Waals surface area contributed by atoms with Gasteiger partial charge < -0.3 is 24.1 Å². The van der Waals surface area contributed by atoms with Crippen LogP contribution in [0, 0.1) is 17.8 Å². The van der Waals surface area contributed by atoms with Gasteiger partial charge in [0.2, 0.25) is 0 Å². The van der Waals surface area contributed by atoms with Gasteiger partial charge in [-0.2, -0.15) is 0 Å². The van der Waals surface area contributed by atoms with E-state index in [0.29, 0.717) is 50.8 Å². The van der Waals surface area contributed by atoms with E-state index < -0.39 is 0 Å². The molecule has 0 aliphatic carbocycles. The van der Waals surface area contributed by atoms with Crippen LogP contribution in [0.3, 0.4) is 0 Å². The molecule has 0 saturated carbocycles. The average molecular weight is 633 g/mol. The maximum Gasteiger partial charge on any atom is 0.0836 e. The molecule has 3 aromatic rings. The predicted octanol–water partition coefficient (Wildman–Crippen LogP) is 9.45. The van der Waals surface area contributed by atoms with E-state index in [4.69, 9.17) is 24.1 Å². The van der Waals surface area contributed by atoms with Gasteiger partial charge in [0, 0.05) is 0 Å². The molecule has 0 amide bonds. The van der Waals surface area contributed by atoms with Gasteiger partial charge in [-0.3, -0.25) is 0 Å². The summed E-state index contributed by atoms with van der Waals surface area (Å²) >= 11 is 0. The summed E-state index contributed by atoms with van der Waals surface area (Å²) in [6.07, 6.45) is 6.22. The van der Waals surface area contributed by atoms with Crippen molar-refractivity contribution in [1.82, 2.24) is 0 Å². The van der Waals surface area contributed by atoms with Crippen LogP contribution in [-0.2, 0) is 38.8 Å². The lowest BCUT2D eigenvalue weighted by molar-refractivity contribution is -0.0421. The zero-order valence-corrected chi connectivity index (χ0v) is 29.4. The van der Waals surface area contributed by atoms with E-state index in [1.807, 2.05) is 87.5 Å². The van der Waals surface area contributed by atoms with Gasteiger partial charge in [0.25, 0.3) is 0 Å². The number of allylic oxidation sites excluding steroid dienone is 1. The van der Waals surface area contributed by atoms with Crippen LogP contribution >= 0.6 is 0 Å². The van der Waals surface area contributed by atoms with Crippen LogP contribution in [-0.4, -0.2) is 43.2 Å². The fraction of sp³-hybridized carbons (Fsp3) is 0.463. The zero-order chi connectivity index (χ0) is 34.0. The Morgan fingerprint density at radius 3 is 1.37 bits per heavy atom. The fourth-order valence-electron chi connectivity index (χ4n) is 4.14. The van der Waals surface area contributed by atoms with E-state index in [1.165, 1.54) is 11.1 Å². The van der Waals surface area contributed by atoms with Gasteiger partial charge in [0.1, 0.15) is 0 Å². The summed E-state index contributed by atoms with van der Waals surface area (Å²) in [5.41, 5.74) is 3.57. The molecule has 5 heteroatoms. The first kappa shape index (κ1) is 41.0. The minimum atomic E-state index is -0.0600. The van der Waals surface area contributed by atoms with Crippen molar-refractivity contribution < 1.29 is 24.1 Å². The van der Waals surface area contributed by atoms with Crippen LogP contribution in [0.1, 0.15) is 65.2 Å². The highest BCUT2D eigenvalue weighted by Crippen LogP contribution is 2.13. The highest BCUT2D eigenvalue weighted by atomic mass is 16.5. The number of aliphatic hydroxyl groups excluding tert-OH is 1. The van der Waals surface area contributed by atoms with Crippen LogP contribution in [0.4, 0.5) is 0 Å². The molecule has 0 unspecified atom stereocenters. The monoisotopic (exact) mass is 632 g/mol. The van der Waals surface area contributed by atoms with Crippen molar-refractivity contribution in [1.29, 1.82) is 0 Å². The van der Waals surface area contributed by atoms with E-state index in [9.17, 15) is 0 Å². The maximum absolute atomic E-state index is 9.05. The first-order valence-corrected chi connectivity index (χ1v) is 16.6. The Kier molecular flexibility index (Phi) is 23.2. The Hall–Kier alpha value is -3.06. The lowest BCUT2D eigenvalue weighted by Gasteiger charge is -2.21. The summed E-state index contributed by atoms with van der Waals surface area (Å²) in [5, 5.41) is 9.05. The number of ether oxygens (including phenoxy) is 4. The van der Waals surface area contributed by atoms with Crippen LogP contribution in [0.2, 0.25) is 0 Å². The number of hydrogen-bond donors (Lipinski definition) is 1. The fourth-order valence-corrected chi connectivity index (χ4v) is 4.14. The molecule has 0 radical (unpaired) electrons. The van der Waals surface area contributed by atoms with Crippen LogP contribution in [0.15, 0.2) is 116 Å². The summed E-state index contributed by atoms with van der Waals surface area (Å²) < 4.78 is 22.8. The van der Waals surface area contributed by atoms with Crippen molar-refractivity contribution in [2.75, 3.05) is 19.8 Å². The molecule has 254 valence electrons. The van der Waals surface area contributed by atoms with Crippen LogP contribution < -0.4 is 0 Å². The molecule has 0 aromatic heterocycles. The first-order chi connectivity index (χ1) is 22.2. The summed E-state index contributed by atoms with van der Waals surface area (Å²) in [6, 6.07) is 30.5. The van der Waals surface area contributed by atoms with Gasteiger partial charge >= 0.3 is 0 Å². The third kappa shape index (κ3) is 19.5. The van der Waals surface area contributed by atoms with E-state index in [2.05, 4.69) is 70.7 Å². The van der Waals surface area contributed by atoms with Crippen molar-refractivity contribution in [3.63, 3.8) is 0 Å². The minimum Gasteiger partial charge on any atom is -0.394 e. The Morgan fingerprint density at radius 2 is 1.02 bits per heavy atom. The third-order valence-electron chi connectivity index (χ3n) is 7.12. The Labute approximate surface area is 280 Å². The molecule has 0 aliphatic heterocycles. The van der Waals surface area contributed by atoms with E-state index in [1.54, 1.807) is 6.08 Å². The molecular formula is C41H60O5. The van der Waals surface area contributed by atoms with Gasteiger partial charge in [0.05, 0.1) is 58.0 Å². The van der Waals surface area contributed by atoms with Crippen LogP contribution in [0.25, 0.3) is 0 Å². The standard InChI is InChI=1S/C15H22O2.C14H20O.C12H18O2/c1-4-10-16-12-15(13(2)3)17-11-14-8-6-5-7-9-14;1-4-8-14(12(2)3)15-11-13-9-6-5-7-10-13;1-10(2)12(8-13)14-9-11-6-4-3-5-7-11/h4-9,13,15H,1,10-12H2,2-3H3;4-10,12,14H,11H2,1-3H3;3-7,10,12-13H,8-9H2,1-2H3/t15-;14-;12-/m111/s1. The minimum absolute atomic E-state index is 0.0600. The molecule has 3 rings (SSSR count). The van der Waals surface area contributed by atoms with Gasteiger partial charge in [-0.15, -0.1) is 6.58 Å². The molecule has 5 nitrogen and oxygen atoms in total. The molecule has 0 fully saturated rings. The van der Waals surface area contributed by atoms with Gasteiger partial charge in [0.15, 0.2) is 0 Å². The zero-order valence-electron chi connectivity index (χ0n) is 29.4. The number of hydrogen-bond acceptors (Lipinski definition) is 5. The highest BCUT2D eigenvalue weighted by molar-refractivity contribution is 5.15. The number of rotatable bonds is 18. The molecule has 3 atom stereocenters. The van der Waals surface area contributed by atoms with Crippen molar-refractivity contribution in [3.8, 4) is 0 Å². The molecule has 3 aromatic carbocycles. The normalized spacial score (nSPS) is 13.1. The number of benzene rings is 3. The van der Waals surface area contributed by atoms with Crippen molar-refractivity contribution in [3.05, 3.63) is 132 Å². The molecule has 0 bridgehead atoms. The van der Waals surface area contributed by atoms with Crippen LogP contribution in [0.5, 0.6) is 0 Å². The van der Waals surface area contributed by atoms with E-state index in [0.717, 1.165) is 5.56 Å². The van der Waals surface area contributed by atoms with Crippen molar-refractivity contribution in [2.45, 2.75) is 86.6 Å². The predicted molar refractivity (Wildman–Crippen MR) is 192 cm³/mol. The average Bonchev–Trinajstić information content (AvgIpc) is 3.06. The van der Waals surface area contributed by atoms with E-state index >= 15 is 0 Å². The summed E-state index contributed by atoms with van der Waals surface area (Å²) in [4.78, 5) is 0. The topological polar surface area (TPSA) is 57.2 Å². The lowest BCUT2D eigenvalue weighted by atomic mass is 10.1. The first-order valence-electron chi connectivity index (χ1n) is 16.6. The maximum atomic E-state index is 9.05. The third-order valence-corrected chi connectivity index (χ3v) is 7.12. The van der Waals surface area contributed by atoms with Gasteiger partial charge in [-0.1, -0.05) is 151 Å². The van der Waals surface area contributed by atoms with Gasteiger partial charge in [-0.25, -0.2) is 0 Å². The second-order valence-corrected chi connectivity index (χ2v) is 12.2. The highest BCUT2D eigenvalue weighted by Gasteiger charge is 2.14. The Balaban J connectivity index is 0.000000347. The van der Waals surface area contributed by atoms with Gasteiger partial charge in [-0.05, 0) is 41.4 Å². The summed E-state index contributed by atoms with van der Waals surface area (Å²) in [6.45, 7) is 21.6. The second kappa shape index (κ2) is 26.1. The molecular weight excluding hydrogens is 572 g/mol. The molecule has 0 spiro atoms. The molecule has 0 aliphatic rings. The quantitative estimate of drug-likeness (QED) is 0.112. The van der Waals surface area contributed by atoms with Crippen molar-refractivity contribution >= 4 is 0 Å². The molecule has 0 saturated heterocycles. The summed E-state index contributed by atoms with van der Waals surface area (Å²) in [5.74, 6) is 1.32. The lowest BCUT2D eigenvalue weighted by Crippen LogP contribution is -2.25. The number of aliphatic hydroxyl groups is 1. The smallest absolute Gasteiger partial charge is 0.0836 e. The molecule has 0 heterocycles.